The third-order valence-electron chi connectivity index (χ3n) is 3.63. The number of pyridine rings is 1. The summed E-state index contributed by atoms with van der Waals surface area (Å²) in [7, 11) is 1.64. The van der Waals surface area contributed by atoms with Gasteiger partial charge >= 0.3 is 0 Å². The number of methoxy groups -OCH3 is 1. The summed E-state index contributed by atoms with van der Waals surface area (Å²) in [5.74, 6) is 0.796. The van der Waals surface area contributed by atoms with E-state index in [0.29, 0.717) is 6.42 Å². The fourth-order valence-corrected chi connectivity index (χ4v) is 2.59. The number of ether oxygens (including phenoxy) is 1. The van der Waals surface area contributed by atoms with Crippen LogP contribution in [0.1, 0.15) is 17.2 Å². The van der Waals surface area contributed by atoms with Gasteiger partial charge in [0.05, 0.1) is 18.7 Å². The quantitative estimate of drug-likeness (QED) is 0.794. The van der Waals surface area contributed by atoms with E-state index in [-0.39, 0.29) is 0 Å². The molecule has 0 aliphatic heterocycles. The number of hydrogen-bond donors (Lipinski definition) is 1. The predicted molar refractivity (Wildman–Crippen MR) is 83.4 cm³/mol. The lowest BCUT2D eigenvalue weighted by Crippen LogP contribution is -2.04. The van der Waals surface area contributed by atoms with Crippen molar-refractivity contribution >= 4 is 10.9 Å². The first-order valence-electron chi connectivity index (χ1n) is 6.93. The van der Waals surface area contributed by atoms with E-state index < -0.39 is 6.10 Å². The van der Waals surface area contributed by atoms with E-state index in [1.54, 1.807) is 13.3 Å². The van der Waals surface area contributed by atoms with E-state index in [2.05, 4.69) is 4.98 Å². The Balaban J connectivity index is 1.96. The molecule has 0 radical (unpaired) electrons. The number of aromatic nitrogens is 1. The molecule has 3 aromatic rings. The van der Waals surface area contributed by atoms with Gasteiger partial charge < -0.3 is 9.84 Å². The molecule has 1 aromatic heterocycles. The summed E-state index contributed by atoms with van der Waals surface area (Å²) >= 11 is 0. The Morgan fingerprint density at radius 3 is 2.71 bits per heavy atom. The van der Waals surface area contributed by atoms with Crippen LogP contribution in [0, 0.1) is 0 Å². The lowest BCUT2D eigenvalue weighted by atomic mass is 9.98. The summed E-state index contributed by atoms with van der Waals surface area (Å²) in [6.45, 7) is 0. The van der Waals surface area contributed by atoms with Crippen LogP contribution in [-0.4, -0.2) is 17.2 Å². The summed E-state index contributed by atoms with van der Waals surface area (Å²) in [6.07, 6.45) is 1.64. The van der Waals surface area contributed by atoms with Crippen molar-refractivity contribution in [3.8, 4) is 5.75 Å². The van der Waals surface area contributed by atoms with Crippen LogP contribution in [-0.2, 0) is 6.42 Å². The largest absolute Gasteiger partial charge is 0.496 e. The van der Waals surface area contributed by atoms with E-state index in [1.807, 2.05) is 54.6 Å². The van der Waals surface area contributed by atoms with Crippen LogP contribution in [0.5, 0.6) is 5.75 Å². The Bertz CT molecular complexity index is 750. The van der Waals surface area contributed by atoms with Crippen LogP contribution < -0.4 is 4.74 Å². The zero-order valence-electron chi connectivity index (χ0n) is 11.9. The third kappa shape index (κ3) is 2.73. The maximum atomic E-state index is 10.6. The van der Waals surface area contributed by atoms with Gasteiger partial charge in [0.15, 0.2) is 0 Å². The number of aliphatic hydroxyl groups excluding tert-OH is 1. The van der Waals surface area contributed by atoms with Crippen LogP contribution in [0.3, 0.4) is 0 Å². The average molecular weight is 279 g/mol. The van der Waals surface area contributed by atoms with Gasteiger partial charge in [-0.05, 0) is 17.7 Å². The number of benzene rings is 2. The first kappa shape index (κ1) is 13.6. The SMILES string of the molecule is COc1ccccc1CC(O)c1cccc2cccnc12. The standard InChI is InChI=1S/C18H17NO2/c1-21-17-10-3-2-6-14(17)12-16(20)15-9-4-7-13-8-5-11-19-18(13)15/h2-11,16,20H,12H2,1H3. The molecule has 21 heavy (non-hydrogen) atoms. The van der Waals surface area contributed by atoms with Gasteiger partial charge in [-0.2, -0.15) is 0 Å². The van der Waals surface area contributed by atoms with Gasteiger partial charge in [0.2, 0.25) is 0 Å². The van der Waals surface area contributed by atoms with Gasteiger partial charge in [-0.15, -0.1) is 0 Å². The molecule has 3 heteroatoms. The van der Waals surface area contributed by atoms with E-state index in [4.69, 9.17) is 4.74 Å². The monoisotopic (exact) mass is 279 g/mol. The molecule has 3 nitrogen and oxygen atoms in total. The molecule has 3 rings (SSSR count). The molecule has 0 amide bonds. The molecule has 0 aliphatic carbocycles. The maximum absolute atomic E-state index is 10.6. The minimum Gasteiger partial charge on any atom is -0.496 e. The van der Waals surface area contributed by atoms with Gasteiger partial charge in [0.25, 0.3) is 0 Å². The molecule has 1 atom stereocenters. The van der Waals surface area contributed by atoms with Crippen molar-refractivity contribution in [1.29, 1.82) is 0 Å². The fraction of sp³-hybridized carbons (Fsp3) is 0.167. The zero-order chi connectivity index (χ0) is 14.7. The highest BCUT2D eigenvalue weighted by Gasteiger charge is 2.14. The van der Waals surface area contributed by atoms with Crippen LogP contribution in [0.15, 0.2) is 60.8 Å². The molecule has 106 valence electrons. The molecule has 0 bridgehead atoms. The number of fused-ring (bicyclic) bond motifs is 1. The predicted octanol–water partition coefficient (Wildman–Crippen LogP) is 3.52. The van der Waals surface area contributed by atoms with Crippen molar-refractivity contribution < 1.29 is 9.84 Å². The number of rotatable bonds is 4. The van der Waals surface area contributed by atoms with Gasteiger partial charge in [0, 0.05) is 23.6 Å². The molecule has 0 saturated heterocycles. The number of hydrogen-bond acceptors (Lipinski definition) is 3. The second kappa shape index (κ2) is 5.94. The molecule has 1 N–H and O–H groups in total. The molecule has 1 heterocycles. The Labute approximate surface area is 123 Å². The summed E-state index contributed by atoms with van der Waals surface area (Å²) in [6, 6.07) is 17.5. The molecule has 0 saturated carbocycles. The first-order chi connectivity index (χ1) is 10.3. The number of para-hydroxylation sites is 2. The van der Waals surface area contributed by atoms with Gasteiger partial charge in [-0.25, -0.2) is 0 Å². The number of nitrogens with zero attached hydrogens (tertiary/aromatic N) is 1. The van der Waals surface area contributed by atoms with Gasteiger partial charge in [-0.1, -0.05) is 42.5 Å². The summed E-state index contributed by atoms with van der Waals surface area (Å²) in [5, 5.41) is 11.6. The second-order valence-corrected chi connectivity index (χ2v) is 4.95. The van der Waals surface area contributed by atoms with Crippen molar-refractivity contribution in [1.82, 2.24) is 4.98 Å². The van der Waals surface area contributed by atoms with Crippen LogP contribution in [0.25, 0.3) is 10.9 Å². The van der Waals surface area contributed by atoms with Crippen molar-refractivity contribution in [2.75, 3.05) is 7.11 Å². The molecule has 0 aliphatic rings. The van der Waals surface area contributed by atoms with Crippen LogP contribution >= 0.6 is 0 Å². The van der Waals surface area contributed by atoms with Crippen molar-refractivity contribution in [3.63, 3.8) is 0 Å². The summed E-state index contributed by atoms with van der Waals surface area (Å²) in [4.78, 5) is 4.40. The molecular formula is C18H17NO2. The smallest absolute Gasteiger partial charge is 0.122 e. The Hall–Kier alpha value is -2.39. The topological polar surface area (TPSA) is 42.4 Å². The maximum Gasteiger partial charge on any atom is 0.122 e. The first-order valence-corrected chi connectivity index (χ1v) is 6.93. The highest BCUT2D eigenvalue weighted by molar-refractivity contribution is 5.81. The minimum atomic E-state index is -0.611. The Kier molecular flexibility index (Phi) is 3.84. The lowest BCUT2D eigenvalue weighted by molar-refractivity contribution is 0.178. The van der Waals surface area contributed by atoms with Crippen molar-refractivity contribution in [3.05, 3.63) is 71.9 Å². The molecule has 0 fully saturated rings. The fourth-order valence-electron chi connectivity index (χ4n) is 2.59. The highest BCUT2D eigenvalue weighted by Crippen LogP contribution is 2.28. The van der Waals surface area contributed by atoms with Gasteiger partial charge in [-0.3, -0.25) is 4.98 Å². The highest BCUT2D eigenvalue weighted by atomic mass is 16.5. The molecule has 1 unspecified atom stereocenters. The summed E-state index contributed by atoms with van der Waals surface area (Å²) in [5.41, 5.74) is 2.68. The summed E-state index contributed by atoms with van der Waals surface area (Å²) < 4.78 is 5.34. The van der Waals surface area contributed by atoms with Crippen LogP contribution in [0.4, 0.5) is 0 Å². The van der Waals surface area contributed by atoms with Gasteiger partial charge in [0.1, 0.15) is 5.75 Å². The van der Waals surface area contributed by atoms with E-state index >= 15 is 0 Å². The normalized spacial score (nSPS) is 12.3. The molecule has 0 spiro atoms. The zero-order valence-corrected chi connectivity index (χ0v) is 11.9. The van der Waals surface area contributed by atoms with E-state index in [9.17, 15) is 5.11 Å². The Morgan fingerprint density at radius 2 is 1.86 bits per heavy atom. The Morgan fingerprint density at radius 1 is 1.05 bits per heavy atom. The average Bonchev–Trinajstić information content (AvgIpc) is 2.54. The third-order valence-corrected chi connectivity index (χ3v) is 3.63. The molecular weight excluding hydrogens is 262 g/mol. The van der Waals surface area contributed by atoms with Crippen molar-refractivity contribution in [2.45, 2.75) is 12.5 Å². The lowest BCUT2D eigenvalue weighted by Gasteiger charge is -2.15. The molecule has 2 aromatic carbocycles. The minimum absolute atomic E-state index is 0.500. The van der Waals surface area contributed by atoms with Crippen LogP contribution in [0.2, 0.25) is 0 Å². The van der Waals surface area contributed by atoms with E-state index in [0.717, 1.165) is 27.8 Å². The second-order valence-electron chi connectivity index (χ2n) is 4.95. The van der Waals surface area contributed by atoms with E-state index in [1.165, 1.54) is 0 Å². The van der Waals surface area contributed by atoms with Crippen molar-refractivity contribution in [2.24, 2.45) is 0 Å². The number of aliphatic hydroxyl groups is 1.